The Morgan fingerprint density at radius 3 is 2.22 bits per heavy atom. The van der Waals surface area contributed by atoms with E-state index in [1.165, 1.54) is 14.2 Å². The van der Waals surface area contributed by atoms with Crippen molar-refractivity contribution in [2.75, 3.05) is 103 Å². The first-order chi connectivity index (χ1) is 31.6. The molecule has 0 bridgehead atoms. The molecule has 6 N–H and O–H groups in total. The van der Waals surface area contributed by atoms with Crippen molar-refractivity contribution in [2.24, 2.45) is 7.05 Å². The Labute approximate surface area is 373 Å². The molecule has 2 aromatic heterocycles. The van der Waals surface area contributed by atoms with E-state index in [4.69, 9.17) is 23.7 Å². The molecule has 6 rings (SSSR count). The molecule has 23 nitrogen and oxygen atoms in total. The highest BCUT2D eigenvalue weighted by Crippen LogP contribution is 2.37. The molecule has 346 valence electrons. The van der Waals surface area contributed by atoms with Crippen molar-refractivity contribution < 1.29 is 52.5 Å². The second-order valence-electron chi connectivity index (χ2n) is 14.4. The minimum Gasteiger partial charge on any atom is -0.494 e. The lowest BCUT2D eigenvalue weighted by Crippen LogP contribution is -2.54. The topological polar surface area (TPSA) is 280 Å². The van der Waals surface area contributed by atoms with E-state index in [1.54, 1.807) is 48.4 Å². The molecule has 6 amide bonds. The Morgan fingerprint density at radius 1 is 0.800 bits per heavy atom. The highest BCUT2D eigenvalue weighted by atomic mass is 16.6. The van der Waals surface area contributed by atoms with Gasteiger partial charge in [-0.2, -0.15) is 5.10 Å². The molecule has 2 aromatic carbocycles. The third-order valence-corrected chi connectivity index (χ3v) is 9.92. The number of benzene rings is 2. The molecule has 1 fully saturated rings. The smallest absolute Gasteiger partial charge is 0.273 e. The minimum atomic E-state index is -1.01. The van der Waals surface area contributed by atoms with Gasteiger partial charge < -0.3 is 50.3 Å². The van der Waals surface area contributed by atoms with Gasteiger partial charge in [-0.05, 0) is 36.8 Å². The Hall–Kier alpha value is -7.08. The summed E-state index contributed by atoms with van der Waals surface area (Å²) in [5.74, 6) is -1.50. The van der Waals surface area contributed by atoms with Crippen LogP contribution in [-0.4, -0.2) is 158 Å². The predicted molar refractivity (Wildman–Crippen MR) is 233 cm³/mol. The average molecular weight is 901 g/mol. The zero-order chi connectivity index (χ0) is 46.1. The molecule has 0 spiro atoms. The van der Waals surface area contributed by atoms with Gasteiger partial charge in [-0.1, -0.05) is 6.07 Å². The number of nitrogens with one attached hydrogen (secondary N) is 6. The average Bonchev–Trinajstić information content (AvgIpc) is 3.84. The summed E-state index contributed by atoms with van der Waals surface area (Å²) in [6.45, 7) is 3.77. The van der Waals surface area contributed by atoms with E-state index in [9.17, 15) is 28.8 Å². The maximum absolute atomic E-state index is 13.0. The molecule has 0 radical (unpaired) electrons. The quantitative estimate of drug-likeness (QED) is 0.0377. The number of para-hydroxylation sites is 1. The summed E-state index contributed by atoms with van der Waals surface area (Å²) in [4.78, 5) is 79.9. The van der Waals surface area contributed by atoms with Crippen molar-refractivity contribution >= 4 is 58.3 Å². The van der Waals surface area contributed by atoms with Gasteiger partial charge in [-0.3, -0.25) is 43.7 Å². The van der Waals surface area contributed by atoms with Crippen LogP contribution >= 0.6 is 0 Å². The molecule has 65 heavy (non-hydrogen) atoms. The number of rotatable bonds is 26. The standard InChI is InChI=1S/C42H52N12O11/c1-43-40(58)36-31(48-30-6-4-5-28(37(30)61-3)38-47-25-53(2)52-38)24-33(50-51-36)45-12-13-46-34(55)11-15-62-17-19-64-21-22-65-20-18-63-16-14-44-26-7-8-27-29(23-26)42(60)54(41(27)59)32-9-10-35(56)49-39(32)57/h4-8,23-25,32,44H,9-22H2,1-3H3,(H,43,58)(H,46,55)(H2,45,48,50)(H,49,56,57). The monoisotopic (exact) mass is 900 g/mol. The minimum absolute atomic E-state index is 0.0577. The number of aryl methyl sites for hydroxylation is 1. The molecule has 4 aromatic rings. The van der Waals surface area contributed by atoms with Crippen molar-refractivity contribution in [1.82, 2.24) is 45.8 Å². The molecule has 1 saturated heterocycles. The largest absolute Gasteiger partial charge is 0.494 e. The molecule has 0 saturated carbocycles. The number of piperidine rings is 1. The molecule has 2 aliphatic heterocycles. The third kappa shape index (κ3) is 12.8. The van der Waals surface area contributed by atoms with E-state index < -0.39 is 35.6 Å². The second kappa shape index (κ2) is 23.6. The van der Waals surface area contributed by atoms with E-state index in [0.29, 0.717) is 106 Å². The van der Waals surface area contributed by atoms with E-state index in [-0.39, 0.29) is 48.6 Å². The van der Waals surface area contributed by atoms with Gasteiger partial charge in [-0.25, -0.2) is 4.98 Å². The Morgan fingerprint density at radius 2 is 1.52 bits per heavy atom. The van der Waals surface area contributed by atoms with Crippen LogP contribution in [-0.2, 0) is 40.4 Å². The Bertz CT molecular complexity index is 2340. The number of imide groups is 2. The van der Waals surface area contributed by atoms with Gasteiger partial charge in [-0.15, -0.1) is 10.2 Å². The predicted octanol–water partition coefficient (Wildman–Crippen LogP) is 0.882. The van der Waals surface area contributed by atoms with Gasteiger partial charge in [0.15, 0.2) is 23.1 Å². The van der Waals surface area contributed by atoms with Crippen molar-refractivity contribution in [1.29, 1.82) is 0 Å². The van der Waals surface area contributed by atoms with Gasteiger partial charge in [0.2, 0.25) is 17.7 Å². The lowest BCUT2D eigenvalue weighted by molar-refractivity contribution is -0.136. The van der Waals surface area contributed by atoms with Crippen LogP contribution in [0.15, 0.2) is 48.8 Å². The lowest BCUT2D eigenvalue weighted by atomic mass is 10.0. The van der Waals surface area contributed by atoms with Crippen LogP contribution in [0.1, 0.15) is 50.5 Å². The molecule has 0 aliphatic carbocycles. The maximum Gasteiger partial charge on any atom is 0.273 e. The van der Waals surface area contributed by atoms with Gasteiger partial charge >= 0.3 is 0 Å². The van der Waals surface area contributed by atoms with Crippen molar-refractivity contribution in [3.63, 3.8) is 0 Å². The second-order valence-corrected chi connectivity index (χ2v) is 14.4. The van der Waals surface area contributed by atoms with Crippen LogP contribution in [0.2, 0.25) is 0 Å². The Kier molecular flexibility index (Phi) is 17.2. The fraction of sp³-hybridized carbons (Fsp3) is 0.429. The SMILES string of the molecule is CNC(=O)c1nnc(NCCNC(=O)CCOCCOCCOCCOCCNc2ccc3c(c2)C(=O)N(C2CCC(=O)NC2=O)C3=O)cc1Nc1cccc(-c2ncn(C)n2)c1OC. The Balaban J connectivity index is 0.775. The number of methoxy groups -OCH3 is 1. The van der Waals surface area contributed by atoms with E-state index >= 15 is 0 Å². The zero-order valence-corrected chi connectivity index (χ0v) is 36.3. The van der Waals surface area contributed by atoms with Crippen LogP contribution < -0.4 is 36.6 Å². The first-order valence-electron chi connectivity index (χ1n) is 20.9. The summed E-state index contributed by atoms with van der Waals surface area (Å²) >= 11 is 0. The third-order valence-electron chi connectivity index (χ3n) is 9.92. The fourth-order valence-electron chi connectivity index (χ4n) is 6.75. The van der Waals surface area contributed by atoms with Crippen LogP contribution in [0.4, 0.5) is 22.9 Å². The fourth-order valence-corrected chi connectivity index (χ4v) is 6.75. The molecule has 1 unspecified atom stereocenters. The van der Waals surface area contributed by atoms with Crippen LogP contribution in [0.25, 0.3) is 11.4 Å². The van der Waals surface area contributed by atoms with Crippen molar-refractivity contribution in [2.45, 2.75) is 25.3 Å². The van der Waals surface area contributed by atoms with E-state index in [2.05, 4.69) is 52.2 Å². The number of anilines is 4. The molecule has 1 atom stereocenters. The molecule has 23 heteroatoms. The normalized spacial score (nSPS) is 14.5. The summed E-state index contributed by atoms with van der Waals surface area (Å²) < 4.78 is 29.4. The van der Waals surface area contributed by atoms with Gasteiger partial charge in [0.05, 0.1) is 88.0 Å². The number of fused-ring (bicyclic) bond motifs is 1. The number of amides is 6. The maximum atomic E-state index is 13.0. The first-order valence-corrected chi connectivity index (χ1v) is 20.9. The highest BCUT2D eigenvalue weighted by Gasteiger charge is 2.44. The number of hydrogen-bond acceptors (Lipinski definition) is 18. The van der Waals surface area contributed by atoms with E-state index in [0.717, 1.165) is 4.90 Å². The van der Waals surface area contributed by atoms with Crippen molar-refractivity contribution in [3.8, 4) is 17.1 Å². The summed E-state index contributed by atoms with van der Waals surface area (Å²) in [5.41, 5.74) is 2.68. The lowest BCUT2D eigenvalue weighted by Gasteiger charge is -2.27. The summed E-state index contributed by atoms with van der Waals surface area (Å²) in [6, 6.07) is 10.9. The van der Waals surface area contributed by atoms with Crippen molar-refractivity contribution in [3.05, 3.63) is 65.6 Å². The van der Waals surface area contributed by atoms with Gasteiger partial charge in [0.1, 0.15) is 12.4 Å². The van der Waals surface area contributed by atoms with Crippen LogP contribution in [0.5, 0.6) is 5.75 Å². The summed E-state index contributed by atoms with van der Waals surface area (Å²) in [7, 11) is 4.80. The molecule has 2 aliphatic rings. The summed E-state index contributed by atoms with van der Waals surface area (Å²) in [5, 5.41) is 29.7. The molecular weight excluding hydrogens is 849 g/mol. The molecule has 4 heterocycles. The number of hydrogen-bond donors (Lipinski definition) is 6. The van der Waals surface area contributed by atoms with E-state index in [1.807, 2.05) is 12.1 Å². The van der Waals surface area contributed by atoms with Gasteiger partial charge in [0, 0.05) is 58.3 Å². The van der Waals surface area contributed by atoms with Crippen LogP contribution in [0, 0.1) is 0 Å². The highest BCUT2D eigenvalue weighted by molar-refractivity contribution is 6.23. The number of carbonyl (C=O) groups excluding carboxylic acids is 6. The van der Waals surface area contributed by atoms with Crippen LogP contribution in [0.3, 0.4) is 0 Å². The first kappa shape index (κ1) is 47.4. The zero-order valence-electron chi connectivity index (χ0n) is 36.3. The summed E-state index contributed by atoms with van der Waals surface area (Å²) in [6.07, 6.45) is 1.91. The number of ether oxygens (including phenoxy) is 5. The number of nitrogens with zero attached hydrogens (tertiary/aromatic N) is 6. The number of aromatic nitrogens is 5. The van der Waals surface area contributed by atoms with Gasteiger partial charge in [0.25, 0.3) is 17.7 Å². The number of carbonyl (C=O) groups is 6. The molecular formula is C42H52N12O11.